The molecule has 1 atom stereocenters. The molecule has 0 unspecified atom stereocenters. The van der Waals surface area contributed by atoms with E-state index in [0.717, 1.165) is 9.87 Å². The number of sulfonamides is 1. The fourth-order valence-electron chi connectivity index (χ4n) is 4.21. The lowest BCUT2D eigenvalue weighted by Crippen LogP contribution is -2.52. The Balaban J connectivity index is 2.09. The normalized spacial score (nSPS) is 12.1. The van der Waals surface area contributed by atoms with Gasteiger partial charge >= 0.3 is 0 Å². The van der Waals surface area contributed by atoms with E-state index in [4.69, 9.17) is 16.3 Å². The molecule has 0 fully saturated rings. The summed E-state index contributed by atoms with van der Waals surface area (Å²) >= 11 is 6.27. The van der Waals surface area contributed by atoms with Crippen LogP contribution in [0.15, 0.2) is 83.8 Å². The van der Waals surface area contributed by atoms with Crippen LogP contribution >= 0.6 is 11.6 Å². The highest BCUT2D eigenvalue weighted by atomic mass is 35.5. The third-order valence-corrected chi connectivity index (χ3v) is 8.29. The Hall–Kier alpha value is -3.56. The summed E-state index contributed by atoms with van der Waals surface area (Å²) < 4.78 is 34.4. The van der Waals surface area contributed by atoms with Crippen LogP contribution in [0.1, 0.15) is 32.8 Å². The number of amides is 2. The van der Waals surface area contributed by atoms with E-state index in [1.54, 1.807) is 30.3 Å². The highest BCUT2D eigenvalue weighted by Gasteiger charge is 2.34. The first kappa shape index (κ1) is 31.0. The number of anilines is 1. The van der Waals surface area contributed by atoms with Crippen LogP contribution in [0.3, 0.4) is 0 Å². The summed E-state index contributed by atoms with van der Waals surface area (Å²) in [4.78, 5) is 28.8. The molecular formula is C30H36ClN3O5S. The van der Waals surface area contributed by atoms with Crippen molar-refractivity contribution in [2.24, 2.45) is 5.92 Å². The standard InChI is InChI=1S/C30H36ClN3O5S/c1-5-26(30(36)32-19-22(2)3)33(20-23-12-8-6-9-13-23)29(35)21-34(27-18-24(31)16-17-28(27)39-4)40(37,38)25-14-10-7-11-15-25/h6-18,22,26H,5,19-21H2,1-4H3,(H,32,36)/t26-/m1/s1. The summed E-state index contributed by atoms with van der Waals surface area (Å²) in [7, 11) is -2.82. The summed E-state index contributed by atoms with van der Waals surface area (Å²) in [5.74, 6) is -0.384. The molecule has 0 aliphatic heterocycles. The summed E-state index contributed by atoms with van der Waals surface area (Å²) in [5.41, 5.74) is 0.924. The van der Waals surface area contributed by atoms with Gasteiger partial charge in [0.05, 0.1) is 17.7 Å². The van der Waals surface area contributed by atoms with E-state index < -0.39 is 28.5 Å². The number of benzene rings is 3. The predicted molar refractivity (Wildman–Crippen MR) is 158 cm³/mol. The van der Waals surface area contributed by atoms with Gasteiger partial charge < -0.3 is 15.0 Å². The minimum absolute atomic E-state index is 0.00107. The Bertz CT molecular complexity index is 1380. The molecule has 3 aromatic carbocycles. The molecule has 0 aliphatic carbocycles. The number of carbonyl (C=O) groups excluding carboxylic acids is 2. The van der Waals surface area contributed by atoms with Crippen LogP contribution in [0, 0.1) is 5.92 Å². The van der Waals surface area contributed by atoms with E-state index in [-0.39, 0.29) is 39.7 Å². The maximum atomic E-state index is 14.1. The van der Waals surface area contributed by atoms with Gasteiger partial charge in [-0.1, -0.05) is 80.9 Å². The van der Waals surface area contributed by atoms with Crippen molar-refractivity contribution in [1.82, 2.24) is 10.2 Å². The van der Waals surface area contributed by atoms with Crippen LogP contribution in [0.25, 0.3) is 0 Å². The van der Waals surface area contributed by atoms with Crippen molar-refractivity contribution in [2.45, 2.75) is 44.7 Å². The third-order valence-electron chi connectivity index (χ3n) is 6.29. The van der Waals surface area contributed by atoms with E-state index >= 15 is 0 Å². The van der Waals surface area contributed by atoms with Gasteiger partial charge in [-0.15, -0.1) is 0 Å². The summed E-state index contributed by atoms with van der Waals surface area (Å²) in [6.45, 7) is 5.80. The predicted octanol–water partition coefficient (Wildman–Crippen LogP) is 5.12. The van der Waals surface area contributed by atoms with Gasteiger partial charge in [-0.25, -0.2) is 8.42 Å². The minimum Gasteiger partial charge on any atom is -0.495 e. The molecular weight excluding hydrogens is 550 g/mol. The molecule has 214 valence electrons. The number of nitrogens with one attached hydrogen (secondary N) is 1. The van der Waals surface area contributed by atoms with Crippen molar-refractivity contribution in [3.63, 3.8) is 0 Å². The monoisotopic (exact) mass is 585 g/mol. The molecule has 40 heavy (non-hydrogen) atoms. The molecule has 2 amide bonds. The molecule has 0 aromatic heterocycles. The molecule has 0 spiro atoms. The van der Waals surface area contributed by atoms with Crippen molar-refractivity contribution in [2.75, 3.05) is 24.5 Å². The molecule has 10 heteroatoms. The number of hydrogen-bond acceptors (Lipinski definition) is 5. The van der Waals surface area contributed by atoms with Crippen LogP contribution in [-0.2, 0) is 26.2 Å². The zero-order valence-corrected chi connectivity index (χ0v) is 24.8. The van der Waals surface area contributed by atoms with Crippen LogP contribution < -0.4 is 14.4 Å². The fourth-order valence-corrected chi connectivity index (χ4v) is 5.82. The van der Waals surface area contributed by atoms with E-state index in [1.165, 1.54) is 30.2 Å². The van der Waals surface area contributed by atoms with E-state index in [9.17, 15) is 18.0 Å². The SMILES string of the molecule is CC[C@H](C(=O)NCC(C)C)N(Cc1ccccc1)C(=O)CN(c1cc(Cl)ccc1OC)S(=O)(=O)c1ccccc1. The number of carbonyl (C=O) groups is 2. The van der Waals surface area contributed by atoms with E-state index in [2.05, 4.69) is 5.32 Å². The molecule has 8 nitrogen and oxygen atoms in total. The van der Waals surface area contributed by atoms with E-state index in [1.807, 2.05) is 51.1 Å². The van der Waals surface area contributed by atoms with Crippen LogP contribution in [0.5, 0.6) is 5.75 Å². The molecule has 0 saturated carbocycles. The van der Waals surface area contributed by atoms with Gasteiger partial charge in [0.1, 0.15) is 18.3 Å². The first-order valence-corrected chi connectivity index (χ1v) is 14.9. The minimum atomic E-state index is -4.23. The second-order valence-electron chi connectivity index (χ2n) is 9.71. The summed E-state index contributed by atoms with van der Waals surface area (Å²) in [6.07, 6.45) is 0.342. The van der Waals surface area contributed by atoms with Crippen LogP contribution in [0.4, 0.5) is 5.69 Å². The number of halogens is 1. The first-order chi connectivity index (χ1) is 19.1. The number of ether oxygens (including phenoxy) is 1. The Morgan fingerprint density at radius 1 is 0.975 bits per heavy atom. The van der Waals surface area contributed by atoms with Crippen molar-refractivity contribution in [1.29, 1.82) is 0 Å². The lowest BCUT2D eigenvalue weighted by atomic mass is 10.1. The van der Waals surface area contributed by atoms with Gasteiger partial charge in [-0.3, -0.25) is 13.9 Å². The number of nitrogens with zero attached hydrogens (tertiary/aromatic N) is 2. The molecule has 0 bridgehead atoms. The Morgan fingerprint density at radius 2 is 1.60 bits per heavy atom. The topological polar surface area (TPSA) is 96.0 Å². The molecule has 0 aliphatic rings. The van der Waals surface area contributed by atoms with Crippen molar-refractivity contribution in [3.8, 4) is 5.75 Å². The van der Waals surface area contributed by atoms with Crippen molar-refractivity contribution >= 4 is 39.1 Å². The molecule has 3 aromatic rings. The van der Waals surface area contributed by atoms with Crippen LogP contribution in [-0.4, -0.2) is 51.4 Å². The van der Waals surface area contributed by atoms with Gasteiger partial charge in [-0.2, -0.15) is 0 Å². The highest BCUT2D eigenvalue weighted by molar-refractivity contribution is 7.92. The average Bonchev–Trinajstić information content (AvgIpc) is 2.95. The second kappa shape index (κ2) is 14.2. The largest absolute Gasteiger partial charge is 0.495 e. The second-order valence-corrected chi connectivity index (χ2v) is 12.0. The molecule has 0 radical (unpaired) electrons. The molecule has 0 heterocycles. The smallest absolute Gasteiger partial charge is 0.264 e. The lowest BCUT2D eigenvalue weighted by Gasteiger charge is -2.33. The van der Waals surface area contributed by atoms with Gasteiger partial charge in [-0.05, 0) is 48.2 Å². The van der Waals surface area contributed by atoms with Gasteiger partial charge in [0, 0.05) is 18.1 Å². The zero-order chi connectivity index (χ0) is 29.3. The number of hydrogen-bond donors (Lipinski definition) is 1. The molecule has 0 saturated heterocycles. The lowest BCUT2D eigenvalue weighted by molar-refractivity contribution is -0.140. The van der Waals surface area contributed by atoms with Crippen molar-refractivity contribution in [3.05, 3.63) is 89.4 Å². The average molecular weight is 586 g/mol. The zero-order valence-electron chi connectivity index (χ0n) is 23.2. The first-order valence-electron chi connectivity index (χ1n) is 13.1. The molecule has 1 N–H and O–H groups in total. The summed E-state index contributed by atoms with van der Waals surface area (Å²) in [5, 5.41) is 3.19. The highest BCUT2D eigenvalue weighted by Crippen LogP contribution is 2.35. The number of rotatable bonds is 13. The van der Waals surface area contributed by atoms with E-state index in [0.29, 0.717) is 13.0 Å². The Morgan fingerprint density at radius 3 is 2.17 bits per heavy atom. The van der Waals surface area contributed by atoms with Gasteiger partial charge in [0.25, 0.3) is 10.0 Å². The van der Waals surface area contributed by atoms with Crippen molar-refractivity contribution < 1.29 is 22.7 Å². The summed E-state index contributed by atoms with van der Waals surface area (Å²) in [6, 6.07) is 20.9. The molecule has 3 rings (SSSR count). The maximum absolute atomic E-state index is 14.1. The van der Waals surface area contributed by atoms with Crippen LogP contribution in [0.2, 0.25) is 5.02 Å². The third kappa shape index (κ3) is 7.76. The fraction of sp³-hybridized carbons (Fsp3) is 0.333. The maximum Gasteiger partial charge on any atom is 0.264 e. The Kier molecular flexibility index (Phi) is 11.0. The van der Waals surface area contributed by atoms with Gasteiger partial charge in [0.15, 0.2) is 0 Å². The Labute approximate surface area is 241 Å². The quantitative estimate of drug-likeness (QED) is 0.300. The number of methoxy groups -OCH3 is 1. The van der Waals surface area contributed by atoms with Gasteiger partial charge in [0.2, 0.25) is 11.8 Å².